The molecule has 17 heavy (non-hydrogen) atoms. The number of carbonyl (C=O) groups excluding carboxylic acids is 1. The molecule has 0 aromatic carbocycles. The van der Waals surface area contributed by atoms with Crippen molar-refractivity contribution in [3.8, 4) is 0 Å². The summed E-state index contributed by atoms with van der Waals surface area (Å²) < 4.78 is 7.08. The molecule has 0 aliphatic carbocycles. The fraction of sp³-hybridized carbons (Fsp3) is 0.500. The standard InChI is InChI=1S/C12H15NO4/c1-7(14)9-5-11(12(15)16)13(6-9)10-3-4-17-8(10)2/h5-6,8,10H,3-4H2,1-2H3,(H,15,16). The first-order valence-corrected chi connectivity index (χ1v) is 5.58. The van der Waals surface area contributed by atoms with E-state index in [0.717, 1.165) is 6.42 Å². The maximum Gasteiger partial charge on any atom is 0.352 e. The van der Waals surface area contributed by atoms with Gasteiger partial charge in [0.05, 0.1) is 12.1 Å². The highest BCUT2D eigenvalue weighted by molar-refractivity contribution is 5.97. The van der Waals surface area contributed by atoms with Crippen LogP contribution in [0, 0.1) is 0 Å². The minimum Gasteiger partial charge on any atom is -0.477 e. The minimum absolute atomic E-state index is 0.00537. The van der Waals surface area contributed by atoms with Crippen LogP contribution in [0.1, 0.15) is 47.2 Å². The highest BCUT2D eigenvalue weighted by Gasteiger charge is 2.29. The zero-order valence-corrected chi connectivity index (χ0v) is 9.84. The van der Waals surface area contributed by atoms with Crippen LogP contribution in [0.4, 0.5) is 0 Å². The van der Waals surface area contributed by atoms with E-state index in [2.05, 4.69) is 0 Å². The summed E-state index contributed by atoms with van der Waals surface area (Å²) in [5.41, 5.74) is 0.582. The number of aromatic nitrogens is 1. The number of ether oxygens (including phenoxy) is 1. The number of hydrogen-bond acceptors (Lipinski definition) is 3. The molecule has 5 heteroatoms. The van der Waals surface area contributed by atoms with E-state index >= 15 is 0 Å². The van der Waals surface area contributed by atoms with E-state index in [9.17, 15) is 9.59 Å². The van der Waals surface area contributed by atoms with Crippen LogP contribution in [0.2, 0.25) is 0 Å². The Morgan fingerprint density at radius 1 is 1.53 bits per heavy atom. The van der Waals surface area contributed by atoms with Crippen molar-refractivity contribution in [2.24, 2.45) is 0 Å². The van der Waals surface area contributed by atoms with E-state index in [1.165, 1.54) is 13.0 Å². The van der Waals surface area contributed by atoms with Crippen LogP contribution in [0.3, 0.4) is 0 Å². The summed E-state index contributed by atoms with van der Waals surface area (Å²) in [6.45, 7) is 3.97. The Labute approximate surface area is 99.0 Å². The van der Waals surface area contributed by atoms with Gasteiger partial charge in [-0.3, -0.25) is 4.79 Å². The molecule has 0 radical (unpaired) electrons. The molecular formula is C12H15NO4. The van der Waals surface area contributed by atoms with Crippen molar-refractivity contribution in [2.75, 3.05) is 6.61 Å². The summed E-state index contributed by atoms with van der Waals surface area (Å²) in [5, 5.41) is 9.13. The predicted molar refractivity (Wildman–Crippen MR) is 60.5 cm³/mol. The van der Waals surface area contributed by atoms with Crippen LogP contribution in [0.15, 0.2) is 12.3 Å². The molecule has 2 heterocycles. The van der Waals surface area contributed by atoms with Crippen LogP contribution in [-0.4, -0.2) is 34.1 Å². The van der Waals surface area contributed by atoms with Crippen molar-refractivity contribution in [1.82, 2.24) is 4.57 Å². The van der Waals surface area contributed by atoms with E-state index in [1.54, 1.807) is 10.8 Å². The third kappa shape index (κ3) is 2.10. The molecule has 1 aromatic rings. The molecule has 0 amide bonds. The van der Waals surface area contributed by atoms with Crippen molar-refractivity contribution in [3.05, 3.63) is 23.5 Å². The van der Waals surface area contributed by atoms with Gasteiger partial charge in [0.25, 0.3) is 0 Å². The molecule has 92 valence electrons. The molecular weight excluding hydrogens is 222 g/mol. The van der Waals surface area contributed by atoms with Crippen molar-refractivity contribution in [1.29, 1.82) is 0 Å². The number of rotatable bonds is 3. The van der Waals surface area contributed by atoms with Gasteiger partial charge in [-0.25, -0.2) is 4.79 Å². The lowest BCUT2D eigenvalue weighted by Gasteiger charge is -2.17. The molecule has 5 nitrogen and oxygen atoms in total. The molecule has 1 aliphatic heterocycles. The number of Topliss-reactive ketones (excluding diaryl/α,β-unsaturated/α-hetero) is 1. The Morgan fingerprint density at radius 2 is 2.24 bits per heavy atom. The maximum absolute atomic E-state index is 11.3. The first-order chi connectivity index (χ1) is 8.00. The summed E-state index contributed by atoms with van der Waals surface area (Å²) in [7, 11) is 0. The molecule has 0 saturated carbocycles. The first-order valence-electron chi connectivity index (χ1n) is 5.58. The fourth-order valence-corrected chi connectivity index (χ4v) is 2.20. The molecule has 0 bridgehead atoms. The van der Waals surface area contributed by atoms with Gasteiger partial charge in [0.2, 0.25) is 0 Å². The average molecular weight is 237 g/mol. The second-order valence-electron chi connectivity index (χ2n) is 4.31. The lowest BCUT2D eigenvalue weighted by molar-refractivity contribution is 0.0674. The van der Waals surface area contributed by atoms with Gasteiger partial charge >= 0.3 is 5.97 Å². The van der Waals surface area contributed by atoms with E-state index in [-0.39, 0.29) is 23.6 Å². The van der Waals surface area contributed by atoms with E-state index < -0.39 is 5.97 Å². The minimum atomic E-state index is -1.02. The van der Waals surface area contributed by atoms with Crippen LogP contribution in [-0.2, 0) is 4.74 Å². The Hall–Kier alpha value is -1.62. The topological polar surface area (TPSA) is 68.5 Å². The zero-order valence-electron chi connectivity index (χ0n) is 9.84. The molecule has 1 saturated heterocycles. The Bertz CT molecular complexity index is 463. The number of carboxylic acid groups (broad SMARTS) is 1. The Balaban J connectivity index is 2.44. The van der Waals surface area contributed by atoms with Crippen molar-refractivity contribution < 1.29 is 19.4 Å². The number of carboxylic acids is 1. The third-order valence-corrected chi connectivity index (χ3v) is 3.17. The van der Waals surface area contributed by atoms with Gasteiger partial charge in [0.15, 0.2) is 5.78 Å². The molecule has 0 spiro atoms. The monoisotopic (exact) mass is 237 g/mol. The highest BCUT2D eigenvalue weighted by atomic mass is 16.5. The predicted octanol–water partition coefficient (Wildman–Crippen LogP) is 1.74. The molecule has 2 rings (SSSR count). The number of aromatic carboxylic acids is 1. The van der Waals surface area contributed by atoms with Gasteiger partial charge in [-0.2, -0.15) is 0 Å². The van der Waals surface area contributed by atoms with E-state index in [0.29, 0.717) is 12.2 Å². The lowest BCUT2D eigenvalue weighted by atomic mass is 10.1. The zero-order chi connectivity index (χ0) is 12.6. The van der Waals surface area contributed by atoms with Gasteiger partial charge in [-0.15, -0.1) is 0 Å². The van der Waals surface area contributed by atoms with Crippen LogP contribution >= 0.6 is 0 Å². The normalized spacial score (nSPS) is 23.9. The fourth-order valence-electron chi connectivity index (χ4n) is 2.20. The Kier molecular flexibility index (Phi) is 3.02. The van der Waals surface area contributed by atoms with Crippen LogP contribution < -0.4 is 0 Å². The van der Waals surface area contributed by atoms with Gasteiger partial charge in [-0.1, -0.05) is 0 Å². The average Bonchev–Trinajstić information content (AvgIpc) is 2.82. The summed E-state index contributed by atoms with van der Waals surface area (Å²) in [6.07, 6.45) is 2.36. The SMILES string of the molecule is CC(=O)c1cc(C(=O)O)n(C2CCOC2C)c1. The van der Waals surface area contributed by atoms with E-state index in [1.807, 2.05) is 6.92 Å². The number of hydrogen-bond donors (Lipinski definition) is 1. The summed E-state index contributed by atoms with van der Waals surface area (Å²) in [4.78, 5) is 22.4. The molecule has 1 aromatic heterocycles. The lowest BCUT2D eigenvalue weighted by Crippen LogP contribution is -2.20. The maximum atomic E-state index is 11.3. The smallest absolute Gasteiger partial charge is 0.352 e. The number of nitrogens with zero attached hydrogens (tertiary/aromatic N) is 1. The largest absolute Gasteiger partial charge is 0.477 e. The number of ketones is 1. The summed E-state index contributed by atoms with van der Waals surface area (Å²) in [6, 6.07) is 1.42. The second kappa shape index (κ2) is 4.33. The first kappa shape index (κ1) is 11.9. The highest BCUT2D eigenvalue weighted by Crippen LogP contribution is 2.28. The molecule has 2 unspecified atom stereocenters. The van der Waals surface area contributed by atoms with Gasteiger partial charge < -0.3 is 14.4 Å². The van der Waals surface area contributed by atoms with Crippen molar-refractivity contribution in [3.63, 3.8) is 0 Å². The number of carbonyl (C=O) groups is 2. The molecule has 1 aliphatic rings. The van der Waals surface area contributed by atoms with Crippen LogP contribution in [0.5, 0.6) is 0 Å². The summed E-state index contributed by atoms with van der Waals surface area (Å²) >= 11 is 0. The second-order valence-corrected chi connectivity index (χ2v) is 4.31. The third-order valence-electron chi connectivity index (χ3n) is 3.17. The van der Waals surface area contributed by atoms with Crippen molar-refractivity contribution in [2.45, 2.75) is 32.4 Å². The Morgan fingerprint density at radius 3 is 2.71 bits per heavy atom. The summed E-state index contributed by atoms with van der Waals surface area (Å²) in [5.74, 6) is -1.14. The van der Waals surface area contributed by atoms with Gasteiger partial charge in [0, 0.05) is 18.4 Å². The van der Waals surface area contributed by atoms with E-state index in [4.69, 9.17) is 9.84 Å². The van der Waals surface area contributed by atoms with Crippen molar-refractivity contribution >= 4 is 11.8 Å². The molecule has 1 fully saturated rings. The van der Waals surface area contributed by atoms with Gasteiger partial charge in [0.1, 0.15) is 5.69 Å². The van der Waals surface area contributed by atoms with Gasteiger partial charge in [-0.05, 0) is 26.3 Å². The molecule has 1 N–H and O–H groups in total. The quantitative estimate of drug-likeness (QED) is 0.813. The van der Waals surface area contributed by atoms with Crippen LogP contribution in [0.25, 0.3) is 0 Å². The molecule has 2 atom stereocenters.